The largest absolute Gasteiger partial charge is 0.478 e. The van der Waals surface area contributed by atoms with Crippen LogP contribution in [0.4, 0.5) is 0 Å². The van der Waals surface area contributed by atoms with Crippen LogP contribution >= 0.6 is 0 Å². The normalized spacial score (nSPS) is 14.1. The van der Waals surface area contributed by atoms with Crippen LogP contribution in [-0.2, 0) is 9.59 Å². The van der Waals surface area contributed by atoms with E-state index in [1.165, 1.54) is 6.29 Å². The molecule has 1 aromatic carbocycles. The standard InChI is InChI=1S/C10H9O4/c1-10(7-11,9(12)13)14-8-5-3-2-4-6-8/h2-6H,1H3,(H,12,13). The zero-order valence-corrected chi connectivity index (χ0v) is 7.56. The summed E-state index contributed by atoms with van der Waals surface area (Å²) in [5, 5.41) is 8.71. The second kappa shape index (κ2) is 3.91. The van der Waals surface area contributed by atoms with Gasteiger partial charge in [0, 0.05) is 0 Å². The molecule has 0 aromatic heterocycles. The Labute approximate surface area is 81.1 Å². The third kappa shape index (κ3) is 2.10. The maximum absolute atomic E-state index is 10.7. The summed E-state index contributed by atoms with van der Waals surface area (Å²) in [5.74, 6) is -1.04. The zero-order valence-electron chi connectivity index (χ0n) is 7.56. The lowest BCUT2D eigenvalue weighted by molar-refractivity contribution is -0.148. The summed E-state index contributed by atoms with van der Waals surface area (Å²) in [6, 6.07) is 8.26. The van der Waals surface area contributed by atoms with E-state index < -0.39 is 11.6 Å². The molecular weight excluding hydrogens is 184 g/mol. The average molecular weight is 193 g/mol. The predicted molar refractivity (Wildman–Crippen MR) is 48.8 cm³/mol. The smallest absolute Gasteiger partial charge is 0.356 e. The first kappa shape index (κ1) is 10.2. The van der Waals surface area contributed by atoms with E-state index in [1.807, 2.05) is 0 Å². The van der Waals surface area contributed by atoms with E-state index in [4.69, 9.17) is 9.84 Å². The van der Waals surface area contributed by atoms with E-state index in [1.54, 1.807) is 30.3 Å². The second-order valence-corrected chi connectivity index (χ2v) is 2.86. The van der Waals surface area contributed by atoms with E-state index >= 15 is 0 Å². The van der Waals surface area contributed by atoms with Crippen LogP contribution in [0.5, 0.6) is 5.75 Å². The van der Waals surface area contributed by atoms with Crippen LogP contribution in [0.1, 0.15) is 6.92 Å². The third-order valence-electron chi connectivity index (χ3n) is 1.67. The number of benzene rings is 1. The van der Waals surface area contributed by atoms with Crippen LogP contribution in [-0.4, -0.2) is 23.0 Å². The molecular formula is C10H9O4. The van der Waals surface area contributed by atoms with Gasteiger partial charge >= 0.3 is 5.97 Å². The average Bonchev–Trinajstić information content (AvgIpc) is 2.19. The van der Waals surface area contributed by atoms with Crippen LogP contribution in [0.15, 0.2) is 30.3 Å². The SMILES string of the molecule is CC([C]=O)(Oc1ccccc1)C(=O)O. The van der Waals surface area contributed by atoms with Crippen molar-refractivity contribution in [1.29, 1.82) is 0 Å². The lowest BCUT2D eigenvalue weighted by Gasteiger charge is -2.18. The fraction of sp³-hybridized carbons (Fsp3) is 0.200. The monoisotopic (exact) mass is 193 g/mol. The van der Waals surface area contributed by atoms with Gasteiger partial charge in [-0.25, -0.2) is 4.79 Å². The molecule has 1 aromatic rings. The predicted octanol–water partition coefficient (Wildman–Crippen LogP) is 1.02. The van der Waals surface area contributed by atoms with Gasteiger partial charge in [-0.15, -0.1) is 0 Å². The fourth-order valence-electron chi connectivity index (χ4n) is 0.832. The molecule has 1 N–H and O–H groups in total. The Morgan fingerprint density at radius 2 is 2.00 bits per heavy atom. The number of carbonyl (C=O) groups excluding carboxylic acids is 1. The van der Waals surface area contributed by atoms with Gasteiger partial charge in [0.15, 0.2) is 0 Å². The van der Waals surface area contributed by atoms with Crippen molar-refractivity contribution in [1.82, 2.24) is 0 Å². The maximum atomic E-state index is 10.7. The van der Waals surface area contributed by atoms with E-state index in [-0.39, 0.29) is 0 Å². The highest BCUT2D eigenvalue weighted by Crippen LogP contribution is 2.16. The van der Waals surface area contributed by atoms with Crippen molar-refractivity contribution in [2.45, 2.75) is 12.5 Å². The number of aliphatic carboxylic acids is 1. The van der Waals surface area contributed by atoms with Crippen molar-refractivity contribution in [3.63, 3.8) is 0 Å². The van der Waals surface area contributed by atoms with Crippen LogP contribution < -0.4 is 4.74 Å². The van der Waals surface area contributed by atoms with Crippen molar-refractivity contribution >= 4 is 12.3 Å². The van der Waals surface area contributed by atoms with Crippen molar-refractivity contribution in [3.8, 4) is 5.75 Å². The van der Waals surface area contributed by atoms with Gasteiger partial charge in [-0.05, 0) is 19.1 Å². The highest BCUT2D eigenvalue weighted by atomic mass is 16.5. The molecule has 0 fully saturated rings. The van der Waals surface area contributed by atoms with Crippen molar-refractivity contribution in [2.24, 2.45) is 0 Å². The van der Waals surface area contributed by atoms with Crippen molar-refractivity contribution < 1.29 is 19.4 Å². The van der Waals surface area contributed by atoms with Gasteiger partial charge in [0.05, 0.1) is 0 Å². The molecule has 0 amide bonds. The quantitative estimate of drug-likeness (QED) is 0.725. The Bertz CT molecular complexity index is 333. The van der Waals surface area contributed by atoms with Gasteiger partial charge in [0.1, 0.15) is 5.75 Å². The van der Waals surface area contributed by atoms with E-state index in [9.17, 15) is 9.59 Å². The molecule has 14 heavy (non-hydrogen) atoms. The molecule has 0 heterocycles. The zero-order chi connectivity index (χ0) is 10.6. The van der Waals surface area contributed by atoms with Crippen LogP contribution in [0.2, 0.25) is 0 Å². The third-order valence-corrected chi connectivity index (χ3v) is 1.67. The number of carboxylic acid groups (broad SMARTS) is 1. The number of para-hydroxylation sites is 1. The molecule has 4 heteroatoms. The maximum Gasteiger partial charge on any atom is 0.356 e. The fourth-order valence-corrected chi connectivity index (χ4v) is 0.832. The Kier molecular flexibility index (Phi) is 2.86. The van der Waals surface area contributed by atoms with Crippen molar-refractivity contribution in [3.05, 3.63) is 30.3 Å². The first-order valence-corrected chi connectivity index (χ1v) is 3.95. The molecule has 1 rings (SSSR count). The molecule has 0 aliphatic rings. The number of rotatable bonds is 4. The number of hydrogen-bond acceptors (Lipinski definition) is 3. The summed E-state index contributed by atoms with van der Waals surface area (Å²) in [7, 11) is 0. The van der Waals surface area contributed by atoms with Gasteiger partial charge in [-0.3, -0.25) is 4.79 Å². The van der Waals surface area contributed by atoms with E-state index in [0.29, 0.717) is 5.75 Å². The minimum atomic E-state index is -1.94. The van der Waals surface area contributed by atoms with Gasteiger partial charge in [-0.1, -0.05) is 18.2 Å². The second-order valence-electron chi connectivity index (χ2n) is 2.86. The molecule has 73 valence electrons. The number of ether oxygens (including phenoxy) is 1. The molecule has 1 radical (unpaired) electrons. The van der Waals surface area contributed by atoms with Crippen LogP contribution in [0.25, 0.3) is 0 Å². The summed E-state index contributed by atoms with van der Waals surface area (Å²) >= 11 is 0. The minimum Gasteiger partial charge on any atom is -0.478 e. The molecule has 0 saturated heterocycles. The summed E-state index contributed by atoms with van der Waals surface area (Å²) in [4.78, 5) is 21.1. The molecule has 1 unspecified atom stereocenters. The van der Waals surface area contributed by atoms with Gasteiger partial charge < -0.3 is 9.84 Å². The molecule has 0 aliphatic carbocycles. The Morgan fingerprint density at radius 3 is 2.43 bits per heavy atom. The van der Waals surface area contributed by atoms with Crippen LogP contribution in [0, 0.1) is 0 Å². The number of carboxylic acids is 1. The highest BCUT2D eigenvalue weighted by molar-refractivity contribution is 5.95. The summed E-state index contributed by atoms with van der Waals surface area (Å²) in [5.41, 5.74) is -1.94. The molecule has 0 bridgehead atoms. The number of hydrogen-bond donors (Lipinski definition) is 1. The van der Waals surface area contributed by atoms with E-state index in [2.05, 4.69) is 0 Å². The van der Waals surface area contributed by atoms with Gasteiger partial charge in [0.25, 0.3) is 11.9 Å². The lowest BCUT2D eigenvalue weighted by Crippen LogP contribution is -2.43. The summed E-state index contributed by atoms with van der Waals surface area (Å²) in [6.07, 6.45) is 1.35. The molecule has 0 spiro atoms. The summed E-state index contributed by atoms with van der Waals surface area (Å²) < 4.78 is 4.99. The van der Waals surface area contributed by atoms with Crippen LogP contribution in [0.3, 0.4) is 0 Å². The first-order valence-electron chi connectivity index (χ1n) is 3.95. The van der Waals surface area contributed by atoms with Gasteiger partial charge in [0.2, 0.25) is 0 Å². The Balaban J connectivity index is 2.86. The highest BCUT2D eigenvalue weighted by Gasteiger charge is 2.36. The number of carbonyl (C=O) groups is 1. The van der Waals surface area contributed by atoms with E-state index in [0.717, 1.165) is 6.92 Å². The minimum absolute atomic E-state index is 0.320. The van der Waals surface area contributed by atoms with Gasteiger partial charge in [-0.2, -0.15) is 0 Å². The molecule has 0 saturated carbocycles. The molecule has 4 nitrogen and oxygen atoms in total. The lowest BCUT2D eigenvalue weighted by atomic mass is 10.1. The topological polar surface area (TPSA) is 63.6 Å². The molecule has 0 aliphatic heterocycles. The first-order chi connectivity index (χ1) is 6.58. The Hall–Kier alpha value is -1.84. The molecule has 1 atom stereocenters. The summed E-state index contributed by atoms with van der Waals surface area (Å²) in [6.45, 7) is 1.15. The Morgan fingerprint density at radius 1 is 1.43 bits per heavy atom. The van der Waals surface area contributed by atoms with Crippen molar-refractivity contribution in [2.75, 3.05) is 0 Å².